The number of allylic oxidation sites excluding steroid dienone is 1. The van der Waals surface area contributed by atoms with Crippen molar-refractivity contribution in [2.75, 3.05) is 6.54 Å². The van der Waals surface area contributed by atoms with E-state index in [0.717, 1.165) is 12.1 Å². The molecule has 3 N–H and O–H groups in total. The van der Waals surface area contributed by atoms with E-state index in [-0.39, 0.29) is 0 Å². The van der Waals surface area contributed by atoms with Crippen LogP contribution in [0.3, 0.4) is 0 Å². The predicted molar refractivity (Wildman–Crippen MR) is 56.7 cm³/mol. The zero-order chi connectivity index (χ0) is 9.98. The van der Waals surface area contributed by atoms with Gasteiger partial charge in [0.15, 0.2) is 0 Å². The second kappa shape index (κ2) is 10.1. The number of rotatable bonds is 3. The molecule has 0 bridgehead atoms. The van der Waals surface area contributed by atoms with Gasteiger partial charge < -0.3 is 11.1 Å². The quantitative estimate of drug-likeness (QED) is 0.638. The third kappa shape index (κ3) is 11.8. The second-order valence-corrected chi connectivity index (χ2v) is 2.62. The molecular weight excluding hydrogens is 148 g/mol. The largest absolute Gasteiger partial charge is 0.399 e. The molecule has 2 heteroatoms. The van der Waals surface area contributed by atoms with Crippen molar-refractivity contribution in [2.45, 2.75) is 34.1 Å². The van der Waals surface area contributed by atoms with Crippen LogP contribution in [0.4, 0.5) is 0 Å². The lowest BCUT2D eigenvalue weighted by Crippen LogP contribution is -2.06. The van der Waals surface area contributed by atoms with Gasteiger partial charge in [0.2, 0.25) is 0 Å². The Hall–Kier alpha value is -0.920. The lowest BCUT2D eigenvalue weighted by atomic mass is 10.3. The van der Waals surface area contributed by atoms with Gasteiger partial charge in [-0.1, -0.05) is 26.8 Å². The van der Waals surface area contributed by atoms with Crippen molar-refractivity contribution < 1.29 is 0 Å². The van der Waals surface area contributed by atoms with E-state index >= 15 is 0 Å². The molecule has 12 heavy (non-hydrogen) atoms. The van der Waals surface area contributed by atoms with Gasteiger partial charge in [-0.15, -0.1) is 0 Å². The van der Waals surface area contributed by atoms with Gasteiger partial charge in [-0.2, -0.15) is 0 Å². The fourth-order valence-corrected chi connectivity index (χ4v) is 0.348. The van der Waals surface area contributed by atoms with E-state index in [9.17, 15) is 0 Å². The van der Waals surface area contributed by atoms with Crippen LogP contribution < -0.4 is 11.1 Å². The van der Waals surface area contributed by atoms with E-state index in [1.54, 1.807) is 0 Å². The zero-order valence-corrected chi connectivity index (χ0v) is 8.78. The fourth-order valence-electron chi connectivity index (χ4n) is 0.348. The van der Waals surface area contributed by atoms with Crippen molar-refractivity contribution in [3.8, 4) is 0 Å². The Bertz CT molecular complexity index is 137. The van der Waals surface area contributed by atoms with Crippen LogP contribution in [-0.4, -0.2) is 6.54 Å². The minimum Gasteiger partial charge on any atom is -0.399 e. The molecule has 0 aliphatic heterocycles. The number of nitrogens with one attached hydrogen (secondary N) is 1. The van der Waals surface area contributed by atoms with Crippen LogP contribution in [0.25, 0.3) is 0 Å². The first kappa shape index (κ1) is 13.7. The van der Waals surface area contributed by atoms with Crippen molar-refractivity contribution in [1.82, 2.24) is 5.32 Å². The van der Waals surface area contributed by atoms with Crippen molar-refractivity contribution in [3.05, 3.63) is 24.0 Å². The average molecular weight is 170 g/mol. The van der Waals surface area contributed by atoms with Gasteiger partial charge in [-0.3, -0.25) is 0 Å². The van der Waals surface area contributed by atoms with Crippen molar-refractivity contribution >= 4 is 0 Å². The summed E-state index contributed by atoms with van der Waals surface area (Å²) in [7, 11) is 0. The summed E-state index contributed by atoms with van der Waals surface area (Å²) in [5.74, 6) is 0. The van der Waals surface area contributed by atoms with Gasteiger partial charge in [0.25, 0.3) is 0 Å². The molecule has 0 aliphatic rings. The van der Waals surface area contributed by atoms with Gasteiger partial charge in [-0.25, -0.2) is 0 Å². The summed E-state index contributed by atoms with van der Waals surface area (Å²) >= 11 is 0. The van der Waals surface area contributed by atoms with Crippen LogP contribution in [0.15, 0.2) is 24.0 Å². The van der Waals surface area contributed by atoms with Crippen molar-refractivity contribution in [1.29, 1.82) is 0 Å². The zero-order valence-electron chi connectivity index (χ0n) is 8.78. The normalized spacial score (nSPS) is 9.83. The molecular formula is C10H22N2. The lowest BCUT2D eigenvalue weighted by Gasteiger charge is -1.98. The Balaban J connectivity index is 0. The highest BCUT2D eigenvalue weighted by molar-refractivity contribution is 5.21. The predicted octanol–water partition coefficient (Wildman–Crippen LogP) is 2.39. The van der Waals surface area contributed by atoms with Gasteiger partial charge in [0, 0.05) is 18.4 Å². The van der Waals surface area contributed by atoms with E-state index < -0.39 is 0 Å². The maximum atomic E-state index is 5.37. The van der Waals surface area contributed by atoms with Gasteiger partial charge in [0.05, 0.1) is 0 Å². The highest BCUT2D eigenvalue weighted by Gasteiger charge is 1.85. The summed E-state index contributed by atoms with van der Waals surface area (Å²) < 4.78 is 0. The molecule has 0 radical (unpaired) electrons. The SMILES string of the molecule is C=C(N)/C(C)=C/NCC.CCC. The summed E-state index contributed by atoms with van der Waals surface area (Å²) in [6.07, 6.45) is 3.11. The fraction of sp³-hybridized carbons (Fsp3) is 0.600. The van der Waals surface area contributed by atoms with Gasteiger partial charge >= 0.3 is 0 Å². The molecule has 72 valence electrons. The molecule has 0 heterocycles. The van der Waals surface area contributed by atoms with Crippen LogP contribution in [0.2, 0.25) is 0 Å². The molecule has 0 atom stereocenters. The Kier molecular flexibility index (Phi) is 11.5. The Morgan fingerprint density at radius 1 is 1.42 bits per heavy atom. The third-order valence-corrected chi connectivity index (χ3v) is 1.03. The summed E-state index contributed by atoms with van der Waals surface area (Å²) in [6.45, 7) is 12.7. The van der Waals surface area contributed by atoms with E-state index in [2.05, 4.69) is 25.7 Å². The average Bonchev–Trinajstić information content (AvgIpc) is 2.01. The first-order valence-corrected chi connectivity index (χ1v) is 4.44. The standard InChI is InChI=1S/C7H14N2.C3H8/c1-4-9-5-6(2)7(3)8;1-3-2/h5,9H,3-4,8H2,1-2H3;3H2,1-2H3/b6-5+;. The van der Waals surface area contributed by atoms with Crippen LogP contribution in [0, 0.1) is 0 Å². The van der Waals surface area contributed by atoms with Gasteiger partial charge in [-0.05, 0) is 19.4 Å². The summed E-state index contributed by atoms with van der Waals surface area (Å²) in [5, 5.41) is 3.03. The van der Waals surface area contributed by atoms with Crippen molar-refractivity contribution in [3.63, 3.8) is 0 Å². The Morgan fingerprint density at radius 3 is 2.08 bits per heavy atom. The molecule has 0 saturated carbocycles. The molecule has 0 amide bonds. The maximum absolute atomic E-state index is 5.37. The smallest absolute Gasteiger partial charge is 0.0285 e. The van der Waals surface area contributed by atoms with E-state index in [1.807, 2.05) is 20.0 Å². The lowest BCUT2D eigenvalue weighted by molar-refractivity contribution is 0.908. The molecule has 2 nitrogen and oxygen atoms in total. The number of hydrogen-bond donors (Lipinski definition) is 2. The van der Waals surface area contributed by atoms with Crippen molar-refractivity contribution in [2.24, 2.45) is 5.73 Å². The molecule has 0 fully saturated rings. The Labute approximate surface area is 76.5 Å². The van der Waals surface area contributed by atoms with Crippen LogP contribution in [0.1, 0.15) is 34.1 Å². The molecule has 0 aromatic rings. The molecule has 0 rings (SSSR count). The molecule has 0 unspecified atom stereocenters. The van der Waals surface area contributed by atoms with Crippen LogP contribution in [0.5, 0.6) is 0 Å². The first-order chi connectivity index (χ1) is 5.59. The van der Waals surface area contributed by atoms with Crippen LogP contribution in [-0.2, 0) is 0 Å². The minimum absolute atomic E-state index is 0.621. The molecule has 0 saturated heterocycles. The summed E-state index contributed by atoms with van der Waals surface area (Å²) in [6, 6.07) is 0. The summed E-state index contributed by atoms with van der Waals surface area (Å²) in [4.78, 5) is 0. The van der Waals surface area contributed by atoms with E-state index in [0.29, 0.717) is 5.70 Å². The number of hydrogen-bond acceptors (Lipinski definition) is 2. The van der Waals surface area contributed by atoms with Gasteiger partial charge in [0.1, 0.15) is 0 Å². The highest BCUT2D eigenvalue weighted by Crippen LogP contribution is 1.95. The third-order valence-electron chi connectivity index (χ3n) is 1.03. The highest BCUT2D eigenvalue weighted by atomic mass is 14.8. The molecule has 0 aromatic carbocycles. The number of nitrogens with two attached hydrogens (primary N) is 1. The molecule has 0 aromatic heterocycles. The maximum Gasteiger partial charge on any atom is 0.0285 e. The molecule has 0 spiro atoms. The Morgan fingerprint density at radius 2 is 1.83 bits per heavy atom. The monoisotopic (exact) mass is 170 g/mol. The first-order valence-electron chi connectivity index (χ1n) is 4.44. The summed E-state index contributed by atoms with van der Waals surface area (Å²) in [5.41, 5.74) is 6.99. The molecule has 0 aliphatic carbocycles. The topological polar surface area (TPSA) is 38.0 Å². The van der Waals surface area contributed by atoms with E-state index in [4.69, 9.17) is 5.73 Å². The van der Waals surface area contributed by atoms with Crippen LogP contribution >= 0.6 is 0 Å². The second-order valence-electron chi connectivity index (χ2n) is 2.62. The van der Waals surface area contributed by atoms with E-state index in [1.165, 1.54) is 6.42 Å². The minimum atomic E-state index is 0.621.